The fourth-order valence-corrected chi connectivity index (χ4v) is 2.80. The first-order valence-electron chi connectivity index (χ1n) is 7.29. The van der Waals surface area contributed by atoms with E-state index in [1.165, 1.54) is 0 Å². The third-order valence-corrected chi connectivity index (χ3v) is 4.00. The van der Waals surface area contributed by atoms with Crippen molar-refractivity contribution in [1.82, 2.24) is 9.97 Å². The van der Waals surface area contributed by atoms with Gasteiger partial charge in [-0.25, -0.2) is 4.98 Å². The van der Waals surface area contributed by atoms with E-state index >= 15 is 0 Å². The van der Waals surface area contributed by atoms with E-state index in [1.807, 2.05) is 18.2 Å². The fourth-order valence-electron chi connectivity index (χ4n) is 2.80. The maximum absolute atomic E-state index is 12.8. The summed E-state index contributed by atoms with van der Waals surface area (Å²) in [6.07, 6.45) is -1.60. The lowest BCUT2D eigenvalue weighted by molar-refractivity contribution is -0.137. The molecule has 0 aromatic carbocycles. The van der Waals surface area contributed by atoms with Crippen LogP contribution in [0.4, 0.5) is 19.0 Å². The predicted molar refractivity (Wildman–Crippen MR) is 78.9 cm³/mol. The summed E-state index contributed by atoms with van der Waals surface area (Å²) < 4.78 is 38.4. The Morgan fingerprint density at radius 3 is 2.65 bits per heavy atom. The molecule has 23 heavy (non-hydrogen) atoms. The lowest BCUT2D eigenvalue weighted by Gasteiger charge is -2.18. The van der Waals surface area contributed by atoms with Crippen molar-refractivity contribution in [2.24, 2.45) is 5.92 Å². The van der Waals surface area contributed by atoms with Gasteiger partial charge in [0.25, 0.3) is 0 Å². The molecule has 0 unspecified atom stereocenters. The Balaban J connectivity index is 1.73. The Hall–Kier alpha value is -2.15. The zero-order chi connectivity index (χ0) is 16.4. The molecule has 122 valence electrons. The van der Waals surface area contributed by atoms with Gasteiger partial charge < -0.3 is 10.0 Å². The highest BCUT2D eigenvalue weighted by atomic mass is 19.4. The summed E-state index contributed by atoms with van der Waals surface area (Å²) in [6.45, 7) is 0.720. The average Bonchev–Trinajstić information content (AvgIpc) is 2.89. The highest BCUT2D eigenvalue weighted by Gasteiger charge is 2.35. The Kier molecular flexibility index (Phi) is 4.21. The van der Waals surface area contributed by atoms with Crippen LogP contribution in [0.15, 0.2) is 42.7 Å². The van der Waals surface area contributed by atoms with Crippen molar-refractivity contribution >= 4 is 5.82 Å². The van der Waals surface area contributed by atoms with Crippen molar-refractivity contribution in [3.8, 4) is 0 Å². The lowest BCUT2D eigenvalue weighted by atomic mass is 10.00. The van der Waals surface area contributed by atoms with Crippen LogP contribution in [-0.4, -0.2) is 34.3 Å². The SMILES string of the molecule is O[C@@H]1CN(c2cc(C(F)(F)F)ccn2)C[C@H]1Cc1ccccn1. The molecule has 0 aliphatic carbocycles. The Morgan fingerprint density at radius 1 is 1.13 bits per heavy atom. The molecule has 3 heterocycles. The summed E-state index contributed by atoms with van der Waals surface area (Å²) in [5.41, 5.74) is 0.126. The largest absolute Gasteiger partial charge is 0.416 e. The van der Waals surface area contributed by atoms with Crippen LogP contribution >= 0.6 is 0 Å². The maximum Gasteiger partial charge on any atom is 0.416 e. The maximum atomic E-state index is 12.8. The molecule has 3 rings (SSSR count). The standard InChI is InChI=1S/C16H16F3N3O/c17-16(18,19)12-4-6-21-15(8-12)22-9-11(14(23)10-22)7-13-3-1-2-5-20-13/h1-6,8,11,14,23H,7,9-10H2/t11-,14-/m1/s1. The summed E-state index contributed by atoms with van der Waals surface area (Å²) in [7, 11) is 0. The number of anilines is 1. The van der Waals surface area contributed by atoms with Crippen molar-refractivity contribution in [1.29, 1.82) is 0 Å². The number of hydrogen-bond donors (Lipinski definition) is 1. The lowest BCUT2D eigenvalue weighted by Crippen LogP contribution is -2.22. The normalized spacial score (nSPS) is 21.7. The topological polar surface area (TPSA) is 49.2 Å². The number of halogens is 3. The molecule has 4 nitrogen and oxygen atoms in total. The van der Waals surface area contributed by atoms with Crippen LogP contribution in [0.5, 0.6) is 0 Å². The first kappa shape index (κ1) is 15.7. The molecule has 1 fully saturated rings. The van der Waals surface area contributed by atoms with Crippen LogP contribution < -0.4 is 4.90 Å². The minimum absolute atomic E-state index is 0.0822. The van der Waals surface area contributed by atoms with Gasteiger partial charge in [0.05, 0.1) is 11.7 Å². The second kappa shape index (κ2) is 6.16. The molecule has 0 amide bonds. The van der Waals surface area contributed by atoms with Crippen LogP contribution in [0.2, 0.25) is 0 Å². The van der Waals surface area contributed by atoms with E-state index in [-0.39, 0.29) is 18.3 Å². The second-order valence-corrected chi connectivity index (χ2v) is 5.66. The van der Waals surface area contributed by atoms with Crippen molar-refractivity contribution < 1.29 is 18.3 Å². The molecule has 0 saturated carbocycles. The van der Waals surface area contributed by atoms with Crippen LogP contribution in [0, 0.1) is 5.92 Å². The molecule has 0 bridgehead atoms. The van der Waals surface area contributed by atoms with Crippen LogP contribution in [-0.2, 0) is 12.6 Å². The average molecular weight is 323 g/mol. The Bertz CT molecular complexity index is 663. The molecule has 1 saturated heterocycles. The second-order valence-electron chi connectivity index (χ2n) is 5.66. The minimum Gasteiger partial charge on any atom is -0.391 e. The van der Waals surface area contributed by atoms with Gasteiger partial charge in [-0.2, -0.15) is 13.2 Å². The molecular formula is C16H16F3N3O. The summed E-state index contributed by atoms with van der Waals surface area (Å²) in [5, 5.41) is 10.2. The van der Waals surface area contributed by atoms with E-state index in [4.69, 9.17) is 0 Å². The molecule has 2 atom stereocenters. The summed E-state index contributed by atoms with van der Waals surface area (Å²) in [4.78, 5) is 9.92. The molecular weight excluding hydrogens is 307 g/mol. The number of hydrogen-bond acceptors (Lipinski definition) is 4. The van der Waals surface area contributed by atoms with Crippen LogP contribution in [0.3, 0.4) is 0 Å². The summed E-state index contributed by atoms with van der Waals surface area (Å²) >= 11 is 0. The van der Waals surface area contributed by atoms with E-state index in [2.05, 4.69) is 9.97 Å². The van der Waals surface area contributed by atoms with Gasteiger partial charge in [-0.05, 0) is 30.7 Å². The zero-order valence-corrected chi connectivity index (χ0v) is 12.2. The van der Waals surface area contributed by atoms with Crippen molar-refractivity contribution in [2.75, 3.05) is 18.0 Å². The summed E-state index contributed by atoms with van der Waals surface area (Å²) in [6, 6.07) is 7.53. The molecule has 0 spiro atoms. The third-order valence-electron chi connectivity index (χ3n) is 4.00. The Labute approximate surface area is 131 Å². The highest BCUT2D eigenvalue weighted by Crippen LogP contribution is 2.32. The van der Waals surface area contributed by atoms with Gasteiger partial charge in [0.2, 0.25) is 0 Å². The van der Waals surface area contributed by atoms with Crippen molar-refractivity contribution in [3.63, 3.8) is 0 Å². The van der Waals surface area contributed by atoms with Gasteiger partial charge in [0.1, 0.15) is 5.82 Å². The van der Waals surface area contributed by atoms with Crippen LogP contribution in [0.1, 0.15) is 11.3 Å². The number of β-amino-alcohol motifs (C(OH)–C–C–N with tert-alkyl or cyclic N) is 1. The third kappa shape index (κ3) is 3.61. The summed E-state index contributed by atoms with van der Waals surface area (Å²) in [5.74, 6) is 0.156. The van der Waals surface area contributed by atoms with E-state index in [1.54, 1.807) is 11.1 Å². The van der Waals surface area contributed by atoms with Gasteiger partial charge in [-0.3, -0.25) is 4.98 Å². The molecule has 1 N–H and O–H groups in total. The molecule has 7 heteroatoms. The van der Waals surface area contributed by atoms with E-state index in [0.717, 1.165) is 24.0 Å². The van der Waals surface area contributed by atoms with Gasteiger partial charge in [-0.1, -0.05) is 6.07 Å². The molecule has 2 aromatic heterocycles. The predicted octanol–water partition coefficient (Wildman–Crippen LogP) is 2.54. The molecule has 1 aliphatic rings. The number of pyridine rings is 2. The quantitative estimate of drug-likeness (QED) is 0.943. The smallest absolute Gasteiger partial charge is 0.391 e. The van der Waals surface area contributed by atoms with Gasteiger partial charge >= 0.3 is 6.18 Å². The van der Waals surface area contributed by atoms with Crippen molar-refractivity contribution in [2.45, 2.75) is 18.7 Å². The number of rotatable bonds is 3. The van der Waals surface area contributed by atoms with E-state index in [0.29, 0.717) is 13.0 Å². The fraction of sp³-hybridized carbons (Fsp3) is 0.375. The van der Waals surface area contributed by atoms with Gasteiger partial charge in [-0.15, -0.1) is 0 Å². The number of nitrogens with zero attached hydrogens (tertiary/aromatic N) is 3. The monoisotopic (exact) mass is 323 g/mol. The van der Waals surface area contributed by atoms with E-state index in [9.17, 15) is 18.3 Å². The molecule has 2 aromatic rings. The number of alkyl halides is 3. The van der Waals surface area contributed by atoms with Gasteiger partial charge in [0.15, 0.2) is 0 Å². The van der Waals surface area contributed by atoms with E-state index < -0.39 is 17.8 Å². The minimum atomic E-state index is -4.40. The first-order valence-corrected chi connectivity index (χ1v) is 7.29. The number of aromatic nitrogens is 2. The van der Waals surface area contributed by atoms with Crippen LogP contribution in [0.25, 0.3) is 0 Å². The number of aliphatic hydroxyl groups excluding tert-OH is 1. The van der Waals surface area contributed by atoms with Gasteiger partial charge in [0, 0.05) is 37.1 Å². The zero-order valence-electron chi connectivity index (χ0n) is 12.2. The molecule has 1 aliphatic heterocycles. The number of aliphatic hydroxyl groups is 1. The van der Waals surface area contributed by atoms with Crippen molar-refractivity contribution in [3.05, 3.63) is 54.0 Å². The highest BCUT2D eigenvalue weighted by molar-refractivity contribution is 5.43. The first-order chi connectivity index (χ1) is 10.9. The molecule has 0 radical (unpaired) electrons. The Morgan fingerprint density at radius 2 is 1.96 bits per heavy atom.